The molecule has 17 rings (SSSR count). The summed E-state index contributed by atoms with van der Waals surface area (Å²) in [5, 5.41) is 6.65. The molecule has 0 bridgehead atoms. The van der Waals surface area contributed by atoms with Crippen molar-refractivity contribution in [2.75, 3.05) is 0 Å². The highest BCUT2D eigenvalue weighted by molar-refractivity contribution is 6.15. The first kappa shape index (κ1) is 50.7. The Morgan fingerprint density at radius 1 is 0.250 bits per heavy atom. The molecule has 0 aliphatic carbocycles. The average Bonchev–Trinajstić information content (AvgIpc) is 1.78. The molecule has 0 aliphatic rings. The predicted molar refractivity (Wildman–Crippen MR) is 362 cm³/mol. The molecule has 0 aliphatic heterocycles. The Labute approximate surface area is 507 Å². The van der Waals surface area contributed by atoms with Crippen LogP contribution in [0.25, 0.3) is 166 Å². The van der Waals surface area contributed by atoms with E-state index in [-0.39, 0.29) is 0 Å². The van der Waals surface area contributed by atoms with E-state index in [1.807, 2.05) is 61.2 Å². The normalized spacial score (nSPS) is 11.7. The van der Waals surface area contributed by atoms with Crippen LogP contribution in [-0.2, 0) is 0 Å². The van der Waals surface area contributed by atoms with E-state index in [2.05, 4.69) is 253 Å². The molecule has 0 amide bonds. The van der Waals surface area contributed by atoms with Crippen LogP contribution < -0.4 is 0 Å². The highest BCUT2D eigenvalue weighted by Crippen LogP contribution is 2.45. The standard InChI is InChI=1S/C81H52N6O/c1-51-26-33-61(65(44-51)75-25-11-15-43-85-75)55-30-37-79-69(48-55)68-47-54(60-18-4-7-21-64(60)74-24-10-14-42-84-74)29-36-78(68)87(79)57-32-39-81-71(50-57)70-49-56(31-38-80(70)88-81)86-76-34-27-52(58-16-2-5-19-62(58)72-22-8-12-40-82-72)45-66(76)67-46-53(28-35-77(67)86)59-17-3-6-20-63(59)73-23-9-13-41-83-73/h2-50H,1H3. The Balaban J connectivity index is 0.849. The van der Waals surface area contributed by atoms with Crippen molar-refractivity contribution in [2.24, 2.45) is 0 Å². The first-order chi connectivity index (χ1) is 43.5. The maximum atomic E-state index is 6.77. The Morgan fingerprint density at radius 2 is 0.568 bits per heavy atom. The van der Waals surface area contributed by atoms with Gasteiger partial charge in [-0.1, -0.05) is 139 Å². The van der Waals surface area contributed by atoms with Crippen LogP contribution in [-0.4, -0.2) is 29.1 Å². The van der Waals surface area contributed by atoms with E-state index in [1.54, 1.807) is 0 Å². The second-order valence-corrected chi connectivity index (χ2v) is 22.6. The van der Waals surface area contributed by atoms with Gasteiger partial charge in [0.2, 0.25) is 0 Å². The molecular formula is C81H52N6O. The molecular weight excluding hydrogens is 1070 g/mol. The van der Waals surface area contributed by atoms with Crippen molar-refractivity contribution >= 4 is 65.6 Å². The Hall–Kier alpha value is -11.8. The van der Waals surface area contributed by atoms with Gasteiger partial charge in [0.05, 0.1) is 44.8 Å². The monoisotopic (exact) mass is 1120 g/mol. The van der Waals surface area contributed by atoms with E-state index in [0.717, 1.165) is 166 Å². The summed E-state index contributed by atoms with van der Waals surface area (Å²) in [7, 11) is 0. The highest BCUT2D eigenvalue weighted by Gasteiger charge is 2.22. The van der Waals surface area contributed by atoms with Gasteiger partial charge in [-0.05, 0) is 191 Å². The van der Waals surface area contributed by atoms with Gasteiger partial charge >= 0.3 is 0 Å². The third-order valence-corrected chi connectivity index (χ3v) is 17.4. The fourth-order valence-corrected chi connectivity index (χ4v) is 13.4. The van der Waals surface area contributed by atoms with Crippen molar-refractivity contribution in [2.45, 2.75) is 6.92 Å². The molecule has 0 radical (unpaired) electrons. The fourth-order valence-electron chi connectivity index (χ4n) is 13.4. The maximum absolute atomic E-state index is 6.77. The zero-order valence-corrected chi connectivity index (χ0v) is 47.9. The summed E-state index contributed by atoms with van der Waals surface area (Å²) in [5.74, 6) is 0. The first-order valence-corrected chi connectivity index (χ1v) is 29.7. The maximum Gasteiger partial charge on any atom is 0.135 e. The lowest BCUT2D eigenvalue weighted by atomic mass is 9.93. The lowest BCUT2D eigenvalue weighted by Gasteiger charge is -2.12. The third-order valence-electron chi connectivity index (χ3n) is 17.4. The SMILES string of the molecule is Cc1ccc(-c2ccc3c(c2)c2cc(-c4ccccc4-c4ccccn4)ccc2n3-c2ccc3oc4ccc(-n5c6ccc(-c7ccccc7-c7ccccn7)cc6c6cc(-c7ccccc7-c7ccccn7)ccc65)cc4c3c2)c(-c2ccccn2)c1. The summed E-state index contributed by atoms with van der Waals surface area (Å²) in [6, 6.07) is 97.7. The van der Waals surface area contributed by atoms with Crippen molar-refractivity contribution < 1.29 is 4.42 Å². The van der Waals surface area contributed by atoms with Crippen LogP contribution in [0.15, 0.2) is 302 Å². The Morgan fingerprint density at radius 3 is 0.909 bits per heavy atom. The molecule has 10 aromatic carbocycles. The number of rotatable bonds is 10. The second kappa shape index (κ2) is 20.8. The van der Waals surface area contributed by atoms with E-state index < -0.39 is 0 Å². The molecule has 412 valence electrons. The minimum Gasteiger partial charge on any atom is -0.456 e. The zero-order valence-electron chi connectivity index (χ0n) is 47.9. The number of fused-ring (bicyclic) bond motifs is 9. The van der Waals surface area contributed by atoms with Gasteiger partial charge in [-0.25, -0.2) is 0 Å². The van der Waals surface area contributed by atoms with Gasteiger partial charge < -0.3 is 13.6 Å². The summed E-state index contributed by atoms with van der Waals surface area (Å²) in [4.78, 5) is 19.2. The quantitative estimate of drug-likeness (QED) is 0.136. The molecule has 0 N–H and O–H groups in total. The van der Waals surface area contributed by atoms with Crippen LogP contribution in [0.5, 0.6) is 0 Å². The van der Waals surface area contributed by atoms with Gasteiger partial charge in [-0.3, -0.25) is 19.9 Å². The van der Waals surface area contributed by atoms with E-state index in [0.29, 0.717) is 0 Å². The summed E-state index contributed by atoms with van der Waals surface area (Å²) >= 11 is 0. The summed E-state index contributed by atoms with van der Waals surface area (Å²) in [6.45, 7) is 2.14. The molecule has 0 atom stereocenters. The Kier molecular flexibility index (Phi) is 12.0. The number of furan rings is 1. The van der Waals surface area contributed by atoms with Crippen LogP contribution in [0.4, 0.5) is 0 Å². The van der Waals surface area contributed by atoms with E-state index in [9.17, 15) is 0 Å². The van der Waals surface area contributed by atoms with Crippen molar-refractivity contribution in [1.29, 1.82) is 0 Å². The average molecular weight is 1130 g/mol. The molecule has 7 heteroatoms. The minimum atomic E-state index is 0.823. The number of nitrogens with zero attached hydrogens (tertiary/aromatic N) is 6. The number of hydrogen-bond acceptors (Lipinski definition) is 5. The van der Waals surface area contributed by atoms with Crippen LogP contribution in [0, 0.1) is 6.92 Å². The van der Waals surface area contributed by atoms with E-state index in [1.165, 1.54) is 5.56 Å². The number of pyridine rings is 4. The largest absolute Gasteiger partial charge is 0.456 e. The van der Waals surface area contributed by atoms with Gasteiger partial charge in [-0.15, -0.1) is 0 Å². The lowest BCUT2D eigenvalue weighted by Crippen LogP contribution is -1.95. The molecule has 7 nitrogen and oxygen atoms in total. The van der Waals surface area contributed by atoms with Gasteiger partial charge in [0, 0.05) is 90.7 Å². The molecule has 88 heavy (non-hydrogen) atoms. The number of aryl methyl sites for hydroxylation is 1. The van der Waals surface area contributed by atoms with Gasteiger partial charge in [0.15, 0.2) is 0 Å². The molecule has 0 spiro atoms. The van der Waals surface area contributed by atoms with Gasteiger partial charge in [-0.2, -0.15) is 0 Å². The summed E-state index contributed by atoms with van der Waals surface area (Å²) < 4.78 is 11.6. The number of benzene rings is 10. The third kappa shape index (κ3) is 8.51. The van der Waals surface area contributed by atoms with Crippen molar-refractivity contribution in [1.82, 2.24) is 29.1 Å². The van der Waals surface area contributed by atoms with Gasteiger partial charge in [0.1, 0.15) is 11.2 Å². The summed E-state index contributed by atoms with van der Waals surface area (Å²) in [6.07, 6.45) is 7.46. The number of aromatic nitrogens is 6. The van der Waals surface area contributed by atoms with Crippen LogP contribution in [0.3, 0.4) is 0 Å². The summed E-state index contributed by atoms with van der Waals surface area (Å²) in [5.41, 5.74) is 26.4. The van der Waals surface area contributed by atoms with Crippen LogP contribution in [0.1, 0.15) is 5.56 Å². The predicted octanol–water partition coefficient (Wildman–Crippen LogP) is 21.0. The molecule has 7 heterocycles. The van der Waals surface area contributed by atoms with E-state index >= 15 is 0 Å². The van der Waals surface area contributed by atoms with E-state index in [4.69, 9.17) is 24.4 Å². The molecule has 17 aromatic rings. The van der Waals surface area contributed by atoms with Crippen LogP contribution >= 0.6 is 0 Å². The molecule has 7 aromatic heterocycles. The second-order valence-electron chi connectivity index (χ2n) is 22.6. The smallest absolute Gasteiger partial charge is 0.135 e. The van der Waals surface area contributed by atoms with Crippen LogP contribution in [0.2, 0.25) is 0 Å². The topological polar surface area (TPSA) is 74.6 Å². The molecule has 0 unspecified atom stereocenters. The lowest BCUT2D eigenvalue weighted by molar-refractivity contribution is 0.669. The highest BCUT2D eigenvalue weighted by atomic mass is 16.3. The molecule has 0 fully saturated rings. The van der Waals surface area contributed by atoms with Crippen molar-refractivity contribution in [3.05, 3.63) is 303 Å². The first-order valence-electron chi connectivity index (χ1n) is 29.7. The van der Waals surface area contributed by atoms with Gasteiger partial charge in [0.25, 0.3) is 0 Å². The Bertz CT molecular complexity index is 5430. The molecule has 0 saturated heterocycles. The zero-order chi connectivity index (χ0) is 58.2. The van der Waals surface area contributed by atoms with Crippen molar-refractivity contribution in [3.8, 4) is 101 Å². The minimum absolute atomic E-state index is 0.823. The molecule has 0 saturated carbocycles. The van der Waals surface area contributed by atoms with Crippen molar-refractivity contribution in [3.63, 3.8) is 0 Å². The number of hydrogen-bond donors (Lipinski definition) is 0. The fraction of sp³-hybridized carbons (Fsp3) is 0.0123.